The molecule has 2 aliphatic heterocycles. The number of halogens is 1. The van der Waals surface area contributed by atoms with Gasteiger partial charge in [-0.25, -0.2) is 0 Å². The SMILES string of the molecule is CN(C)c1cccc(C2CCCN2C(=O)C2CNC2)c1.Cl. The van der Waals surface area contributed by atoms with Crippen molar-refractivity contribution < 1.29 is 4.79 Å². The lowest BCUT2D eigenvalue weighted by Gasteiger charge is -2.33. The molecule has 4 nitrogen and oxygen atoms in total. The lowest BCUT2D eigenvalue weighted by molar-refractivity contribution is -0.138. The number of likely N-dealkylation sites (tertiary alicyclic amines) is 1. The molecule has 2 fully saturated rings. The fourth-order valence-electron chi connectivity index (χ4n) is 3.09. The molecule has 0 aromatic heterocycles. The van der Waals surface area contributed by atoms with Gasteiger partial charge in [0.1, 0.15) is 0 Å². The van der Waals surface area contributed by atoms with Gasteiger partial charge in [0.25, 0.3) is 0 Å². The maximum Gasteiger partial charge on any atom is 0.228 e. The zero-order valence-corrected chi connectivity index (χ0v) is 13.5. The summed E-state index contributed by atoms with van der Waals surface area (Å²) in [6.45, 7) is 2.60. The molecule has 3 rings (SSSR count). The summed E-state index contributed by atoms with van der Waals surface area (Å²) >= 11 is 0. The monoisotopic (exact) mass is 309 g/mol. The van der Waals surface area contributed by atoms with E-state index in [1.54, 1.807) is 0 Å². The largest absolute Gasteiger partial charge is 0.378 e. The Labute approximate surface area is 132 Å². The molecular formula is C16H24ClN3O. The van der Waals surface area contributed by atoms with Crippen LogP contribution in [-0.4, -0.2) is 44.5 Å². The molecule has 21 heavy (non-hydrogen) atoms. The minimum Gasteiger partial charge on any atom is -0.378 e. The normalized spacial score (nSPS) is 21.6. The van der Waals surface area contributed by atoms with Gasteiger partial charge in [-0.1, -0.05) is 12.1 Å². The molecule has 2 aliphatic rings. The van der Waals surface area contributed by atoms with Gasteiger partial charge in [-0.15, -0.1) is 12.4 Å². The van der Waals surface area contributed by atoms with Crippen LogP contribution in [0.15, 0.2) is 24.3 Å². The van der Waals surface area contributed by atoms with E-state index >= 15 is 0 Å². The molecule has 0 bridgehead atoms. The summed E-state index contributed by atoms with van der Waals surface area (Å²) in [7, 11) is 4.10. The minimum absolute atomic E-state index is 0. The van der Waals surface area contributed by atoms with Crippen LogP contribution in [0.1, 0.15) is 24.4 Å². The highest BCUT2D eigenvalue weighted by Gasteiger charge is 2.36. The van der Waals surface area contributed by atoms with Gasteiger partial charge in [-0.2, -0.15) is 0 Å². The van der Waals surface area contributed by atoms with Gasteiger partial charge < -0.3 is 15.1 Å². The van der Waals surface area contributed by atoms with Gasteiger partial charge in [0.05, 0.1) is 12.0 Å². The van der Waals surface area contributed by atoms with E-state index in [0.29, 0.717) is 5.91 Å². The highest BCUT2D eigenvalue weighted by atomic mass is 35.5. The van der Waals surface area contributed by atoms with E-state index in [-0.39, 0.29) is 24.4 Å². The maximum atomic E-state index is 12.5. The molecule has 1 amide bonds. The fraction of sp³-hybridized carbons (Fsp3) is 0.562. The summed E-state index contributed by atoms with van der Waals surface area (Å²) < 4.78 is 0. The first-order valence-electron chi connectivity index (χ1n) is 7.45. The Morgan fingerprint density at radius 1 is 1.33 bits per heavy atom. The van der Waals surface area contributed by atoms with Crippen LogP contribution in [0.2, 0.25) is 0 Å². The van der Waals surface area contributed by atoms with Gasteiger partial charge in [0.15, 0.2) is 0 Å². The molecule has 5 heteroatoms. The van der Waals surface area contributed by atoms with Crippen LogP contribution < -0.4 is 10.2 Å². The number of benzene rings is 1. The molecule has 1 unspecified atom stereocenters. The number of carbonyl (C=O) groups excluding carboxylic acids is 1. The highest BCUT2D eigenvalue weighted by molar-refractivity contribution is 5.85. The van der Waals surface area contributed by atoms with E-state index in [0.717, 1.165) is 32.5 Å². The van der Waals surface area contributed by atoms with Crippen molar-refractivity contribution in [1.29, 1.82) is 0 Å². The predicted molar refractivity (Wildman–Crippen MR) is 88.1 cm³/mol. The van der Waals surface area contributed by atoms with Crippen molar-refractivity contribution in [2.75, 3.05) is 38.6 Å². The quantitative estimate of drug-likeness (QED) is 0.928. The maximum absolute atomic E-state index is 12.5. The van der Waals surface area contributed by atoms with Crippen LogP contribution in [-0.2, 0) is 4.79 Å². The van der Waals surface area contributed by atoms with E-state index in [4.69, 9.17) is 0 Å². The van der Waals surface area contributed by atoms with E-state index < -0.39 is 0 Å². The summed E-state index contributed by atoms with van der Waals surface area (Å²) in [6, 6.07) is 8.84. The summed E-state index contributed by atoms with van der Waals surface area (Å²) in [5, 5.41) is 3.19. The van der Waals surface area contributed by atoms with Crippen LogP contribution in [0, 0.1) is 5.92 Å². The van der Waals surface area contributed by atoms with Crippen molar-refractivity contribution in [3.63, 3.8) is 0 Å². The Morgan fingerprint density at radius 2 is 2.10 bits per heavy atom. The number of anilines is 1. The summed E-state index contributed by atoms with van der Waals surface area (Å²) in [4.78, 5) is 16.7. The van der Waals surface area contributed by atoms with Crippen molar-refractivity contribution in [3.8, 4) is 0 Å². The average Bonchev–Trinajstić information content (AvgIpc) is 2.86. The van der Waals surface area contributed by atoms with Crippen LogP contribution in [0.25, 0.3) is 0 Å². The summed E-state index contributed by atoms with van der Waals surface area (Å²) in [5.41, 5.74) is 2.47. The molecule has 0 spiro atoms. The Balaban J connectivity index is 0.00000161. The number of hydrogen-bond acceptors (Lipinski definition) is 3. The van der Waals surface area contributed by atoms with Crippen molar-refractivity contribution in [2.24, 2.45) is 5.92 Å². The molecular weight excluding hydrogens is 286 g/mol. The smallest absolute Gasteiger partial charge is 0.228 e. The van der Waals surface area contributed by atoms with Gasteiger partial charge in [0.2, 0.25) is 5.91 Å². The van der Waals surface area contributed by atoms with E-state index in [2.05, 4.69) is 53.5 Å². The van der Waals surface area contributed by atoms with Crippen LogP contribution >= 0.6 is 12.4 Å². The predicted octanol–water partition coefficient (Wildman–Crippen LogP) is 2.06. The Kier molecular flexibility index (Phi) is 5.12. The second kappa shape index (κ2) is 6.67. The van der Waals surface area contributed by atoms with Crippen molar-refractivity contribution in [3.05, 3.63) is 29.8 Å². The number of amides is 1. The molecule has 1 atom stereocenters. The molecule has 1 aromatic carbocycles. The molecule has 0 radical (unpaired) electrons. The molecule has 1 aromatic rings. The zero-order chi connectivity index (χ0) is 14.1. The van der Waals surface area contributed by atoms with Gasteiger partial charge in [-0.3, -0.25) is 4.79 Å². The Hall–Kier alpha value is -1.26. The molecule has 0 saturated carbocycles. The van der Waals surface area contributed by atoms with Crippen molar-refractivity contribution in [1.82, 2.24) is 10.2 Å². The number of nitrogens with one attached hydrogen (secondary N) is 1. The van der Waals surface area contributed by atoms with Crippen LogP contribution in [0.4, 0.5) is 5.69 Å². The molecule has 116 valence electrons. The Bertz CT molecular complexity index is 502. The van der Waals surface area contributed by atoms with Crippen LogP contribution in [0.5, 0.6) is 0 Å². The topological polar surface area (TPSA) is 35.6 Å². The molecule has 2 saturated heterocycles. The first-order valence-corrected chi connectivity index (χ1v) is 7.45. The molecule has 1 N–H and O–H groups in total. The number of rotatable bonds is 3. The second-order valence-electron chi connectivity index (χ2n) is 6.03. The van der Waals surface area contributed by atoms with Gasteiger partial charge in [-0.05, 0) is 30.5 Å². The Morgan fingerprint density at radius 3 is 2.71 bits per heavy atom. The van der Waals surface area contributed by atoms with Gasteiger partial charge in [0, 0.05) is 39.4 Å². The van der Waals surface area contributed by atoms with Crippen molar-refractivity contribution >= 4 is 24.0 Å². The van der Waals surface area contributed by atoms with E-state index in [9.17, 15) is 4.79 Å². The highest BCUT2D eigenvalue weighted by Crippen LogP contribution is 2.34. The minimum atomic E-state index is 0. The van der Waals surface area contributed by atoms with Gasteiger partial charge >= 0.3 is 0 Å². The lowest BCUT2D eigenvalue weighted by atomic mass is 9.99. The second-order valence-corrected chi connectivity index (χ2v) is 6.03. The fourth-order valence-corrected chi connectivity index (χ4v) is 3.09. The van der Waals surface area contributed by atoms with Crippen LogP contribution in [0.3, 0.4) is 0 Å². The first-order chi connectivity index (χ1) is 9.66. The summed E-state index contributed by atoms with van der Waals surface area (Å²) in [5.74, 6) is 0.536. The first kappa shape index (κ1) is 16.1. The molecule has 0 aliphatic carbocycles. The van der Waals surface area contributed by atoms with E-state index in [1.807, 2.05) is 0 Å². The summed E-state index contributed by atoms with van der Waals surface area (Å²) in [6.07, 6.45) is 2.20. The third-order valence-corrected chi connectivity index (χ3v) is 4.44. The van der Waals surface area contributed by atoms with Crippen molar-refractivity contribution in [2.45, 2.75) is 18.9 Å². The molecule has 2 heterocycles. The third-order valence-electron chi connectivity index (χ3n) is 4.44. The number of carbonyl (C=O) groups is 1. The standard InChI is InChI=1S/C16H23N3O.ClH/c1-18(2)14-6-3-5-12(9-14)15-7-4-8-19(15)16(20)13-10-17-11-13;/h3,5-6,9,13,15,17H,4,7-8,10-11H2,1-2H3;1H. The number of hydrogen-bond donors (Lipinski definition) is 1. The average molecular weight is 310 g/mol. The van der Waals surface area contributed by atoms with E-state index in [1.165, 1.54) is 11.3 Å². The number of nitrogens with zero attached hydrogens (tertiary/aromatic N) is 2. The third kappa shape index (κ3) is 3.16. The zero-order valence-electron chi connectivity index (χ0n) is 12.7. The lowest BCUT2D eigenvalue weighted by Crippen LogP contribution is -2.51.